The fraction of sp³-hybridized carbons (Fsp3) is 0.571. The van der Waals surface area contributed by atoms with Crippen molar-refractivity contribution in [1.29, 1.82) is 0 Å². The molecule has 1 rings (SSSR count). The molecule has 19 heavy (non-hydrogen) atoms. The van der Waals surface area contributed by atoms with Crippen LogP contribution >= 0.6 is 43.6 Å². The van der Waals surface area contributed by atoms with Crippen molar-refractivity contribution in [3.05, 3.63) is 26.6 Å². The van der Waals surface area contributed by atoms with Gasteiger partial charge in [0.25, 0.3) is 0 Å². The third-order valence-electron chi connectivity index (χ3n) is 3.57. The Labute approximate surface area is 137 Å². The highest BCUT2D eigenvalue weighted by Crippen LogP contribution is 2.33. The minimum Gasteiger partial charge on any atom is -0.506 e. The molecule has 0 atom stereocenters. The van der Waals surface area contributed by atoms with E-state index in [0.29, 0.717) is 4.75 Å². The zero-order chi connectivity index (χ0) is 14.5. The van der Waals surface area contributed by atoms with E-state index >= 15 is 0 Å². The summed E-state index contributed by atoms with van der Waals surface area (Å²) in [7, 11) is 0. The van der Waals surface area contributed by atoms with E-state index in [9.17, 15) is 5.11 Å². The molecule has 0 aromatic heterocycles. The lowest BCUT2D eigenvalue weighted by atomic mass is 10.0. The molecule has 2 N–H and O–H groups in total. The van der Waals surface area contributed by atoms with Crippen LogP contribution in [0.5, 0.6) is 5.75 Å². The van der Waals surface area contributed by atoms with Crippen molar-refractivity contribution >= 4 is 43.6 Å². The fourth-order valence-corrected chi connectivity index (χ4v) is 4.12. The van der Waals surface area contributed by atoms with E-state index in [1.54, 1.807) is 0 Å². The molecule has 0 amide bonds. The van der Waals surface area contributed by atoms with Gasteiger partial charge in [0.05, 0.1) is 8.95 Å². The molecule has 0 radical (unpaired) electrons. The minimum absolute atomic E-state index is 0.254. The van der Waals surface area contributed by atoms with Crippen molar-refractivity contribution in [3.63, 3.8) is 0 Å². The van der Waals surface area contributed by atoms with E-state index in [2.05, 4.69) is 57.3 Å². The van der Waals surface area contributed by atoms with Gasteiger partial charge in [0.2, 0.25) is 0 Å². The molecule has 2 nitrogen and oxygen atoms in total. The second-order valence-corrected chi connectivity index (χ2v) is 7.59. The number of aromatic hydroxyl groups is 1. The molecule has 0 saturated heterocycles. The van der Waals surface area contributed by atoms with Crippen LogP contribution < -0.4 is 5.32 Å². The zero-order valence-corrected chi connectivity index (χ0v) is 15.6. The Balaban J connectivity index is 2.63. The van der Waals surface area contributed by atoms with Gasteiger partial charge in [0.1, 0.15) is 5.75 Å². The maximum atomic E-state index is 9.68. The van der Waals surface area contributed by atoms with E-state index in [4.69, 9.17) is 0 Å². The Morgan fingerprint density at radius 3 is 2.16 bits per heavy atom. The molecule has 0 aliphatic heterocycles. The predicted molar refractivity (Wildman–Crippen MR) is 92.0 cm³/mol. The van der Waals surface area contributed by atoms with Gasteiger partial charge in [-0.05, 0) is 68.7 Å². The van der Waals surface area contributed by atoms with Gasteiger partial charge in [0.15, 0.2) is 0 Å². The molecule has 0 aliphatic rings. The second-order valence-electron chi connectivity index (χ2n) is 4.61. The van der Waals surface area contributed by atoms with Gasteiger partial charge in [-0.15, -0.1) is 0 Å². The lowest BCUT2D eigenvalue weighted by Gasteiger charge is -2.30. The summed E-state index contributed by atoms with van der Waals surface area (Å²) in [5.74, 6) is 0.254. The molecule has 0 aliphatic carbocycles. The average molecular weight is 411 g/mol. The maximum Gasteiger partial charge on any atom is 0.143 e. The molecule has 0 bridgehead atoms. The smallest absolute Gasteiger partial charge is 0.143 e. The summed E-state index contributed by atoms with van der Waals surface area (Å²) < 4.78 is 1.77. The molecule has 0 unspecified atom stereocenters. The monoisotopic (exact) mass is 409 g/mol. The number of hydrogen-bond acceptors (Lipinski definition) is 3. The molecule has 1 aromatic carbocycles. The highest BCUT2D eigenvalue weighted by atomic mass is 79.9. The first-order chi connectivity index (χ1) is 8.98. The molecular weight excluding hydrogens is 390 g/mol. The predicted octanol–water partition coefficient (Wildman–Crippen LogP) is 4.93. The Kier molecular flexibility index (Phi) is 7.22. The molecule has 0 fully saturated rings. The SMILES string of the molecule is CCC(CC)(CNCc1cc(Br)c(O)c(Br)c1)SC. The summed E-state index contributed by atoms with van der Waals surface area (Å²) in [5, 5.41) is 13.2. The van der Waals surface area contributed by atoms with E-state index in [1.807, 2.05) is 23.9 Å². The van der Waals surface area contributed by atoms with E-state index in [1.165, 1.54) is 12.8 Å². The Hall–Kier alpha value is 0.290. The third-order valence-corrected chi connectivity index (χ3v) is 6.37. The zero-order valence-electron chi connectivity index (χ0n) is 11.6. The van der Waals surface area contributed by atoms with Crippen molar-refractivity contribution in [1.82, 2.24) is 5.32 Å². The highest BCUT2D eigenvalue weighted by molar-refractivity contribution is 9.11. The van der Waals surface area contributed by atoms with Gasteiger partial charge in [-0.1, -0.05) is 13.8 Å². The number of rotatable bonds is 7. The lowest BCUT2D eigenvalue weighted by molar-refractivity contribution is 0.467. The summed E-state index contributed by atoms with van der Waals surface area (Å²) in [6.07, 6.45) is 4.52. The van der Waals surface area contributed by atoms with Crippen LogP contribution in [0.3, 0.4) is 0 Å². The lowest BCUT2D eigenvalue weighted by Crippen LogP contribution is -2.36. The number of phenolic OH excluding ortho intramolecular Hbond substituents is 1. The van der Waals surface area contributed by atoms with Crippen molar-refractivity contribution in [3.8, 4) is 5.75 Å². The summed E-state index contributed by atoms with van der Waals surface area (Å²) in [5.41, 5.74) is 1.15. The summed E-state index contributed by atoms with van der Waals surface area (Å²) in [6, 6.07) is 3.90. The van der Waals surface area contributed by atoms with Crippen molar-refractivity contribution in [2.75, 3.05) is 12.8 Å². The first kappa shape index (κ1) is 17.3. The van der Waals surface area contributed by atoms with Gasteiger partial charge < -0.3 is 10.4 Å². The normalized spacial score (nSPS) is 11.8. The average Bonchev–Trinajstić information content (AvgIpc) is 2.41. The van der Waals surface area contributed by atoms with Gasteiger partial charge >= 0.3 is 0 Å². The number of nitrogens with one attached hydrogen (secondary N) is 1. The number of hydrogen-bond donors (Lipinski definition) is 2. The van der Waals surface area contributed by atoms with Crippen LogP contribution in [0.2, 0.25) is 0 Å². The van der Waals surface area contributed by atoms with Gasteiger partial charge in [0, 0.05) is 17.8 Å². The second kappa shape index (κ2) is 7.91. The summed E-state index contributed by atoms with van der Waals surface area (Å²) >= 11 is 8.66. The van der Waals surface area contributed by atoms with Gasteiger partial charge in [-0.2, -0.15) is 11.8 Å². The van der Waals surface area contributed by atoms with Crippen molar-refractivity contribution in [2.45, 2.75) is 38.0 Å². The third kappa shape index (κ3) is 4.66. The van der Waals surface area contributed by atoms with Crippen LogP contribution in [0.25, 0.3) is 0 Å². The number of phenols is 1. The Morgan fingerprint density at radius 1 is 1.21 bits per heavy atom. The molecular formula is C14H21Br2NOS. The van der Waals surface area contributed by atoms with E-state index < -0.39 is 0 Å². The van der Waals surface area contributed by atoms with Crippen LogP contribution in [0.4, 0.5) is 0 Å². The molecule has 108 valence electrons. The van der Waals surface area contributed by atoms with Crippen LogP contribution in [-0.2, 0) is 6.54 Å². The van der Waals surface area contributed by atoms with Crippen molar-refractivity contribution in [2.24, 2.45) is 0 Å². The topological polar surface area (TPSA) is 32.3 Å². The summed E-state index contributed by atoms with van der Waals surface area (Å²) in [6.45, 7) is 6.29. The Morgan fingerprint density at radius 2 is 1.74 bits per heavy atom. The number of benzene rings is 1. The van der Waals surface area contributed by atoms with Crippen LogP contribution in [-0.4, -0.2) is 22.7 Å². The first-order valence-corrected chi connectivity index (χ1v) is 9.21. The standard InChI is InChI=1S/C14H21Br2NOS/c1-4-14(5-2,19-3)9-17-8-10-6-11(15)13(18)12(16)7-10/h6-7,17-18H,4-5,8-9H2,1-3H3. The minimum atomic E-state index is 0.254. The number of thioether (sulfide) groups is 1. The van der Waals surface area contributed by atoms with Crippen LogP contribution in [0, 0.1) is 0 Å². The van der Waals surface area contributed by atoms with E-state index in [0.717, 1.165) is 27.6 Å². The van der Waals surface area contributed by atoms with Gasteiger partial charge in [-0.3, -0.25) is 0 Å². The molecule has 1 aromatic rings. The Bertz CT molecular complexity index is 391. The highest BCUT2D eigenvalue weighted by Gasteiger charge is 2.24. The van der Waals surface area contributed by atoms with Crippen LogP contribution in [0.1, 0.15) is 32.3 Å². The maximum absolute atomic E-state index is 9.68. The largest absolute Gasteiger partial charge is 0.506 e. The first-order valence-electron chi connectivity index (χ1n) is 6.40. The van der Waals surface area contributed by atoms with Crippen molar-refractivity contribution < 1.29 is 5.11 Å². The summed E-state index contributed by atoms with van der Waals surface area (Å²) in [4.78, 5) is 0. The molecule has 0 heterocycles. The van der Waals surface area contributed by atoms with Gasteiger partial charge in [-0.25, -0.2) is 0 Å². The van der Waals surface area contributed by atoms with E-state index in [-0.39, 0.29) is 5.75 Å². The number of halogens is 2. The molecule has 0 spiro atoms. The molecule has 0 saturated carbocycles. The van der Waals surface area contributed by atoms with Crippen LogP contribution in [0.15, 0.2) is 21.1 Å². The quantitative estimate of drug-likeness (QED) is 0.668. The fourth-order valence-electron chi connectivity index (χ4n) is 2.02. The molecule has 5 heteroatoms.